The number of rotatable bonds is 5. The van der Waals surface area contributed by atoms with Gasteiger partial charge in [0.25, 0.3) is 5.91 Å². The topological polar surface area (TPSA) is 58.4 Å². The van der Waals surface area contributed by atoms with Crippen LogP contribution in [0.5, 0.6) is 0 Å². The summed E-state index contributed by atoms with van der Waals surface area (Å²) in [5.41, 5.74) is 6.35. The van der Waals surface area contributed by atoms with Crippen LogP contribution in [-0.4, -0.2) is 30.1 Å². The molecule has 0 aromatic heterocycles. The first-order valence-corrected chi connectivity index (χ1v) is 6.95. The molecular formula is C13H19Cl2N3O. The molecule has 0 aliphatic heterocycles. The minimum absolute atomic E-state index is 0.0837. The molecule has 0 heterocycles. The van der Waals surface area contributed by atoms with Crippen molar-refractivity contribution in [3.8, 4) is 0 Å². The van der Waals surface area contributed by atoms with Gasteiger partial charge < -0.3 is 11.1 Å². The lowest BCUT2D eigenvalue weighted by Gasteiger charge is -2.27. The lowest BCUT2D eigenvalue weighted by Crippen LogP contribution is -2.46. The number of nitrogens with one attached hydrogen (secondary N) is 1. The molecule has 3 N–H and O–H groups in total. The van der Waals surface area contributed by atoms with E-state index >= 15 is 0 Å². The van der Waals surface area contributed by atoms with Crippen molar-refractivity contribution >= 4 is 34.8 Å². The molecule has 0 aliphatic carbocycles. The molecule has 1 aromatic rings. The standard InChI is InChI=1S/C13H19Cl2N3O/c1-4-18(5-2)8(3)17-13(19)10-6-9(14)7-11(15)12(10)16/h6-8H,4-5,16H2,1-3H3,(H,17,19). The first kappa shape index (κ1) is 16.1. The predicted octanol–water partition coefficient (Wildman–Crippen LogP) is 2.99. The third-order valence-electron chi connectivity index (χ3n) is 3.04. The predicted molar refractivity (Wildman–Crippen MR) is 80.7 cm³/mol. The van der Waals surface area contributed by atoms with Crippen LogP contribution in [0.25, 0.3) is 0 Å². The van der Waals surface area contributed by atoms with Gasteiger partial charge in [-0.2, -0.15) is 0 Å². The number of amides is 1. The largest absolute Gasteiger partial charge is 0.397 e. The van der Waals surface area contributed by atoms with E-state index in [1.807, 2.05) is 20.8 Å². The second-order valence-corrected chi connectivity index (χ2v) is 5.06. The maximum absolute atomic E-state index is 12.2. The Bertz CT molecular complexity index is 461. The number of halogens is 2. The number of nitrogens with zero attached hydrogens (tertiary/aromatic N) is 1. The van der Waals surface area contributed by atoms with E-state index in [-0.39, 0.29) is 22.8 Å². The highest BCUT2D eigenvalue weighted by atomic mass is 35.5. The Morgan fingerprint density at radius 1 is 1.37 bits per heavy atom. The van der Waals surface area contributed by atoms with Crippen molar-refractivity contribution in [3.63, 3.8) is 0 Å². The quantitative estimate of drug-likeness (QED) is 0.649. The third-order valence-corrected chi connectivity index (χ3v) is 3.57. The SMILES string of the molecule is CCN(CC)C(C)NC(=O)c1cc(Cl)cc(Cl)c1N. The monoisotopic (exact) mass is 303 g/mol. The molecule has 106 valence electrons. The molecule has 1 amide bonds. The normalized spacial score (nSPS) is 12.5. The molecule has 1 rings (SSSR count). The number of carbonyl (C=O) groups excluding carboxylic acids is 1. The summed E-state index contributed by atoms with van der Waals surface area (Å²) in [5.74, 6) is -0.277. The van der Waals surface area contributed by atoms with Crippen LogP contribution in [-0.2, 0) is 0 Å². The molecule has 1 aromatic carbocycles. The highest BCUT2D eigenvalue weighted by molar-refractivity contribution is 6.37. The van der Waals surface area contributed by atoms with Gasteiger partial charge in [-0.3, -0.25) is 9.69 Å². The van der Waals surface area contributed by atoms with Crippen LogP contribution in [0.1, 0.15) is 31.1 Å². The van der Waals surface area contributed by atoms with Crippen molar-refractivity contribution in [2.45, 2.75) is 26.9 Å². The molecule has 0 radical (unpaired) electrons. The van der Waals surface area contributed by atoms with E-state index < -0.39 is 0 Å². The maximum atomic E-state index is 12.2. The lowest BCUT2D eigenvalue weighted by molar-refractivity contribution is 0.0876. The van der Waals surface area contributed by atoms with E-state index in [0.717, 1.165) is 13.1 Å². The summed E-state index contributed by atoms with van der Waals surface area (Å²) in [6.07, 6.45) is -0.0837. The van der Waals surface area contributed by atoms with Gasteiger partial charge in [0.2, 0.25) is 0 Å². The number of nitrogens with two attached hydrogens (primary N) is 1. The molecule has 19 heavy (non-hydrogen) atoms. The van der Waals surface area contributed by atoms with Gasteiger partial charge >= 0.3 is 0 Å². The molecule has 0 bridgehead atoms. The minimum atomic E-state index is -0.277. The van der Waals surface area contributed by atoms with E-state index in [2.05, 4.69) is 10.2 Å². The number of hydrogen-bond donors (Lipinski definition) is 2. The Hall–Kier alpha value is -0.970. The average Bonchev–Trinajstić information content (AvgIpc) is 2.35. The second kappa shape index (κ2) is 6.98. The van der Waals surface area contributed by atoms with Gasteiger partial charge in [-0.25, -0.2) is 0 Å². The van der Waals surface area contributed by atoms with Crippen LogP contribution in [0.15, 0.2) is 12.1 Å². The van der Waals surface area contributed by atoms with Gasteiger partial charge in [0, 0.05) is 5.02 Å². The lowest BCUT2D eigenvalue weighted by atomic mass is 10.1. The summed E-state index contributed by atoms with van der Waals surface area (Å²) in [5, 5.41) is 3.56. The van der Waals surface area contributed by atoms with Crippen LogP contribution in [0.4, 0.5) is 5.69 Å². The van der Waals surface area contributed by atoms with Crippen molar-refractivity contribution in [3.05, 3.63) is 27.7 Å². The highest BCUT2D eigenvalue weighted by Gasteiger charge is 2.18. The fraction of sp³-hybridized carbons (Fsp3) is 0.462. The minimum Gasteiger partial charge on any atom is -0.397 e. The molecule has 1 atom stereocenters. The average molecular weight is 304 g/mol. The van der Waals surface area contributed by atoms with Crippen LogP contribution in [0, 0.1) is 0 Å². The van der Waals surface area contributed by atoms with Gasteiger partial charge in [0.1, 0.15) is 0 Å². The van der Waals surface area contributed by atoms with Crippen molar-refractivity contribution in [2.24, 2.45) is 0 Å². The molecule has 4 nitrogen and oxygen atoms in total. The van der Waals surface area contributed by atoms with Crippen LogP contribution in [0.2, 0.25) is 10.0 Å². The van der Waals surface area contributed by atoms with Gasteiger partial charge in [0.05, 0.1) is 22.4 Å². The molecule has 0 aliphatic rings. The van der Waals surface area contributed by atoms with E-state index in [4.69, 9.17) is 28.9 Å². The molecule has 0 saturated heterocycles. The Morgan fingerprint density at radius 2 is 1.95 bits per heavy atom. The fourth-order valence-electron chi connectivity index (χ4n) is 1.90. The zero-order valence-corrected chi connectivity index (χ0v) is 12.8. The Morgan fingerprint density at radius 3 is 2.47 bits per heavy atom. The van der Waals surface area contributed by atoms with Crippen molar-refractivity contribution < 1.29 is 4.79 Å². The van der Waals surface area contributed by atoms with Crippen LogP contribution in [0.3, 0.4) is 0 Å². The number of nitrogen functional groups attached to an aromatic ring is 1. The molecule has 6 heteroatoms. The van der Waals surface area contributed by atoms with E-state index in [0.29, 0.717) is 10.6 Å². The van der Waals surface area contributed by atoms with E-state index in [9.17, 15) is 4.79 Å². The van der Waals surface area contributed by atoms with Crippen molar-refractivity contribution in [2.75, 3.05) is 18.8 Å². The van der Waals surface area contributed by atoms with Crippen molar-refractivity contribution in [1.29, 1.82) is 0 Å². The van der Waals surface area contributed by atoms with E-state index in [1.54, 1.807) is 0 Å². The molecule has 0 spiro atoms. The molecule has 0 fully saturated rings. The summed E-state index contributed by atoms with van der Waals surface area (Å²) >= 11 is 11.8. The fourth-order valence-corrected chi connectivity index (χ4v) is 2.40. The Kier molecular flexibility index (Phi) is 5.91. The third kappa shape index (κ3) is 4.00. The van der Waals surface area contributed by atoms with Gasteiger partial charge in [0.15, 0.2) is 0 Å². The summed E-state index contributed by atoms with van der Waals surface area (Å²) in [4.78, 5) is 14.3. The summed E-state index contributed by atoms with van der Waals surface area (Å²) in [7, 11) is 0. The number of anilines is 1. The van der Waals surface area contributed by atoms with Gasteiger partial charge in [-0.15, -0.1) is 0 Å². The Balaban J connectivity index is 2.90. The smallest absolute Gasteiger partial charge is 0.254 e. The van der Waals surface area contributed by atoms with Gasteiger partial charge in [-0.1, -0.05) is 37.0 Å². The zero-order chi connectivity index (χ0) is 14.6. The summed E-state index contributed by atoms with van der Waals surface area (Å²) < 4.78 is 0. The number of benzene rings is 1. The summed E-state index contributed by atoms with van der Waals surface area (Å²) in [6, 6.07) is 3.04. The van der Waals surface area contributed by atoms with Crippen LogP contribution >= 0.6 is 23.2 Å². The first-order chi connectivity index (χ1) is 8.90. The second-order valence-electron chi connectivity index (χ2n) is 4.22. The van der Waals surface area contributed by atoms with E-state index in [1.165, 1.54) is 12.1 Å². The Labute approximate surface area is 123 Å². The maximum Gasteiger partial charge on any atom is 0.254 e. The number of carbonyl (C=O) groups is 1. The summed E-state index contributed by atoms with van der Waals surface area (Å²) in [6.45, 7) is 7.70. The van der Waals surface area contributed by atoms with Crippen LogP contribution < -0.4 is 11.1 Å². The molecule has 0 saturated carbocycles. The molecule has 1 unspecified atom stereocenters. The van der Waals surface area contributed by atoms with Gasteiger partial charge in [-0.05, 0) is 32.1 Å². The zero-order valence-electron chi connectivity index (χ0n) is 11.3. The number of hydrogen-bond acceptors (Lipinski definition) is 3. The first-order valence-electron chi connectivity index (χ1n) is 6.20. The molecular weight excluding hydrogens is 285 g/mol. The highest BCUT2D eigenvalue weighted by Crippen LogP contribution is 2.27. The van der Waals surface area contributed by atoms with Crippen molar-refractivity contribution in [1.82, 2.24) is 10.2 Å².